The van der Waals surface area contributed by atoms with Crippen LogP contribution < -0.4 is 11.6 Å². The monoisotopic (exact) mass is 548 g/mol. The third-order valence-electron chi connectivity index (χ3n) is 7.04. The molecule has 0 radical (unpaired) electrons. The summed E-state index contributed by atoms with van der Waals surface area (Å²) in [5.41, 5.74) is 7.71. The first kappa shape index (κ1) is 26.3. The molecule has 5 atom stereocenters. The zero-order valence-electron chi connectivity index (χ0n) is 20.6. The molecular weight excluding hydrogens is 519 g/mol. The maximum atomic E-state index is 14.1. The van der Waals surface area contributed by atoms with Gasteiger partial charge >= 0.3 is 0 Å². The van der Waals surface area contributed by atoms with Gasteiger partial charge in [0, 0.05) is 41.9 Å². The topological polar surface area (TPSA) is 103 Å². The number of nitrogens with zero attached hydrogens (tertiary/aromatic N) is 2. The fourth-order valence-electron chi connectivity index (χ4n) is 4.68. The Hall–Kier alpha value is -2.34. The Balaban J connectivity index is 1.41. The van der Waals surface area contributed by atoms with Crippen LogP contribution in [0.25, 0.3) is 5.70 Å². The normalized spacial score (nSPS) is 27.2. The molecule has 3 heterocycles. The summed E-state index contributed by atoms with van der Waals surface area (Å²) in [7, 11) is 1.58. The van der Waals surface area contributed by atoms with Crippen molar-refractivity contribution >= 4 is 35.0 Å². The summed E-state index contributed by atoms with van der Waals surface area (Å²) in [5.74, 6) is 6.13. The Bertz CT molecular complexity index is 1210. The first-order valence-electron chi connectivity index (χ1n) is 12.1. The smallest absolute Gasteiger partial charge is 0.254 e. The SMILES string of the molecule is COC1C(Sc2cc(Cl)ccc2C(=O)N2CCC2)OC2COC2C1N(N)/C=C(\N)c1ccc(C)c(F)c1. The molecule has 1 amide bonds. The number of rotatable bonds is 7. The summed E-state index contributed by atoms with van der Waals surface area (Å²) in [6.07, 6.45) is 1.47. The van der Waals surface area contributed by atoms with Crippen LogP contribution in [0.4, 0.5) is 4.39 Å². The molecule has 198 valence electrons. The van der Waals surface area contributed by atoms with Crippen molar-refractivity contribution in [2.45, 2.75) is 48.0 Å². The number of hydrogen-bond donors (Lipinski definition) is 2. The van der Waals surface area contributed by atoms with Gasteiger partial charge in [0.2, 0.25) is 0 Å². The van der Waals surface area contributed by atoms with Gasteiger partial charge in [-0.05, 0) is 43.2 Å². The standard InChI is InChI=1S/C26H30ClFN4O4S/c1-14-4-5-15(10-18(14)28)19(29)12-32(30)22-23-20(13-35-23)36-26(24(22)34-2)37-21-11-16(27)6-7-17(21)25(33)31-8-3-9-31/h4-7,10-12,20,22-24,26H,3,8-9,13,29-30H2,1-2H3/b19-12-. The van der Waals surface area contributed by atoms with Gasteiger partial charge in [-0.2, -0.15) is 0 Å². The molecule has 0 aliphatic carbocycles. The Morgan fingerprint density at radius 3 is 2.70 bits per heavy atom. The minimum Gasteiger partial charge on any atom is -0.397 e. The lowest BCUT2D eigenvalue weighted by Crippen LogP contribution is -2.70. The lowest BCUT2D eigenvalue weighted by atomic mass is 9.93. The molecule has 0 saturated carbocycles. The number of carbonyl (C=O) groups is 1. The van der Waals surface area contributed by atoms with Crippen molar-refractivity contribution in [1.82, 2.24) is 9.91 Å². The van der Waals surface area contributed by atoms with Crippen LogP contribution in [0.3, 0.4) is 0 Å². The number of carbonyl (C=O) groups excluding carboxylic acids is 1. The number of aryl methyl sites for hydroxylation is 1. The van der Waals surface area contributed by atoms with Crippen molar-refractivity contribution in [2.75, 3.05) is 26.8 Å². The summed E-state index contributed by atoms with van der Waals surface area (Å²) in [6, 6.07) is 9.59. The highest BCUT2D eigenvalue weighted by molar-refractivity contribution is 8.00. The number of hydrazine groups is 1. The fourth-order valence-corrected chi connectivity index (χ4v) is 6.25. The van der Waals surface area contributed by atoms with E-state index in [1.165, 1.54) is 22.8 Å². The van der Waals surface area contributed by atoms with Gasteiger partial charge in [-0.25, -0.2) is 10.2 Å². The molecule has 0 bridgehead atoms. The molecule has 3 saturated heterocycles. The van der Waals surface area contributed by atoms with E-state index in [-0.39, 0.29) is 23.9 Å². The van der Waals surface area contributed by atoms with Crippen LogP contribution in [-0.2, 0) is 14.2 Å². The number of amides is 1. The van der Waals surface area contributed by atoms with E-state index in [9.17, 15) is 9.18 Å². The van der Waals surface area contributed by atoms with Crippen molar-refractivity contribution in [3.63, 3.8) is 0 Å². The van der Waals surface area contributed by atoms with E-state index in [1.807, 2.05) is 4.90 Å². The van der Waals surface area contributed by atoms with E-state index < -0.39 is 17.6 Å². The number of likely N-dealkylation sites (tertiary alicyclic amines) is 1. The average Bonchev–Trinajstić information content (AvgIpc) is 2.81. The van der Waals surface area contributed by atoms with Crippen LogP contribution in [0.1, 0.15) is 27.9 Å². The van der Waals surface area contributed by atoms with Crippen molar-refractivity contribution in [2.24, 2.45) is 11.6 Å². The summed E-state index contributed by atoms with van der Waals surface area (Å²) in [4.78, 5) is 15.6. The molecule has 5 unspecified atom stereocenters. The quantitative estimate of drug-likeness (QED) is 0.401. The second kappa shape index (κ2) is 10.8. The maximum absolute atomic E-state index is 14.1. The highest BCUT2D eigenvalue weighted by atomic mass is 35.5. The highest BCUT2D eigenvalue weighted by Crippen LogP contribution is 2.42. The molecule has 8 nitrogen and oxygen atoms in total. The minimum atomic E-state index is -0.540. The zero-order valence-corrected chi connectivity index (χ0v) is 22.2. The number of methoxy groups -OCH3 is 1. The number of halogens is 2. The van der Waals surface area contributed by atoms with Crippen LogP contribution in [0.2, 0.25) is 5.02 Å². The van der Waals surface area contributed by atoms with Crippen LogP contribution in [0.15, 0.2) is 47.5 Å². The highest BCUT2D eigenvalue weighted by Gasteiger charge is 2.53. The maximum Gasteiger partial charge on any atom is 0.254 e. The first-order valence-corrected chi connectivity index (χ1v) is 13.3. The molecule has 2 aromatic carbocycles. The number of benzene rings is 2. The summed E-state index contributed by atoms with van der Waals surface area (Å²) in [5, 5.41) is 1.98. The Labute approximate surface area is 224 Å². The van der Waals surface area contributed by atoms with Gasteiger partial charge in [-0.3, -0.25) is 4.79 Å². The second-order valence-electron chi connectivity index (χ2n) is 9.43. The van der Waals surface area contributed by atoms with E-state index in [0.29, 0.717) is 38.9 Å². The molecule has 3 aliphatic rings. The van der Waals surface area contributed by atoms with Gasteiger partial charge < -0.3 is 29.9 Å². The van der Waals surface area contributed by atoms with Gasteiger partial charge in [0.15, 0.2) is 0 Å². The van der Waals surface area contributed by atoms with Crippen molar-refractivity contribution in [1.29, 1.82) is 0 Å². The number of ether oxygens (including phenoxy) is 3. The van der Waals surface area contributed by atoms with Gasteiger partial charge in [-0.1, -0.05) is 35.5 Å². The minimum absolute atomic E-state index is 0.0296. The molecule has 4 N–H and O–H groups in total. The molecule has 5 rings (SSSR count). The van der Waals surface area contributed by atoms with Crippen molar-refractivity contribution < 1.29 is 23.4 Å². The second-order valence-corrected chi connectivity index (χ2v) is 11.0. The number of nitrogens with two attached hydrogens (primary N) is 2. The molecule has 11 heteroatoms. The Morgan fingerprint density at radius 2 is 2.08 bits per heavy atom. The van der Waals surface area contributed by atoms with Gasteiger partial charge in [0.1, 0.15) is 35.6 Å². The fraction of sp³-hybridized carbons (Fsp3) is 0.423. The summed E-state index contributed by atoms with van der Waals surface area (Å²) in [6.45, 7) is 3.60. The summed E-state index contributed by atoms with van der Waals surface area (Å²) >= 11 is 7.69. The lowest BCUT2D eigenvalue weighted by molar-refractivity contribution is -0.272. The van der Waals surface area contributed by atoms with Crippen LogP contribution in [-0.4, -0.2) is 72.4 Å². The third kappa shape index (κ3) is 5.19. The molecule has 2 aromatic rings. The third-order valence-corrected chi connectivity index (χ3v) is 8.48. The number of thioether (sulfide) groups is 1. The predicted molar refractivity (Wildman–Crippen MR) is 140 cm³/mol. The van der Waals surface area contributed by atoms with Gasteiger partial charge in [-0.15, -0.1) is 0 Å². The Kier molecular flexibility index (Phi) is 7.67. The number of fused-ring (bicyclic) bond motifs is 1. The summed E-state index contributed by atoms with van der Waals surface area (Å²) < 4.78 is 32.1. The predicted octanol–water partition coefficient (Wildman–Crippen LogP) is 3.37. The van der Waals surface area contributed by atoms with E-state index in [1.54, 1.807) is 50.6 Å². The van der Waals surface area contributed by atoms with E-state index in [4.69, 9.17) is 37.4 Å². The molecule has 0 aromatic heterocycles. The number of hydrogen-bond acceptors (Lipinski definition) is 8. The van der Waals surface area contributed by atoms with Gasteiger partial charge in [0.05, 0.1) is 17.9 Å². The van der Waals surface area contributed by atoms with Crippen LogP contribution in [0, 0.1) is 12.7 Å². The average molecular weight is 549 g/mol. The van der Waals surface area contributed by atoms with Gasteiger partial charge in [0.25, 0.3) is 5.91 Å². The lowest BCUT2D eigenvalue weighted by Gasteiger charge is -2.53. The zero-order chi connectivity index (χ0) is 26.3. The Morgan fingerprint density at radius 1 is 1.30 bits per heavy atom. The molecule has 3 fully saturated rings. The van der Waals surface area contributed by atoms with E-state index in [0.717, 1.165) is 19.5 Å². The largest absolute Gasteiger partial charge is 0.397 e. The molecular formula is C26H30ClFN4O4S. The van der Waals surface area contributed by atoms with Crippen molar-refractivity contribution in [3.05, 3.63) is 70.1 Å². The van der Waals surface area contributed by atoms with E-state index in [2.05, 4.69) is 0 Å². The van der Waals surface area contributed by atoms with Crippen LogP contribution in [0.5, 0.6) is 0 Å². The van der Waals surface area contributed by atoms with Crippen LogP contribution >= 0.6 is 23.4 Å². The molecule has 3 aliphatic heterocycles. The first-order chi connectivity index (χ1) is 17.8. The van der Waals surface area contributed by atoms with Crippen molar-refractivity contribution in [3.8, 4) is 0 Å². The molecule has 0 spiro atoms. The molecule has 37 heavy (non-hydrogen) atoms. The van der Waals surface area contributed by atoms with E-state index >= 15 is 0 Å².